The lowest BCUT2D eigenvalue weighted by Gasteiger charge is -2.11. The molecule has 0 saturated carbocycles. The van der Waals surface area contributed by atoms with Gasteiger partial charge >= 0.3 is 0 Å². The van der Waals surface area contributed by atoms with Crippen LogP contribution in [0, 0.1) is 6.92 Å². The first-order valence-electron chi connectivity index (χ1n) is 5.18. The molecule has 1 N–H and O–H groups in total. The zero-order chi connectivity index (χ0) is 12.4. The number of halogens is 1. The van der Waals surface area contributed by atoms with Crippen LogP contribution in [0.25, 0.3) is 0 Å². The van der Waals surface area contributed by atoms with Crippen molar-refractivity contribution in [2.24, 2.45) is 0 Å². The summed E-state index contributed by atoms with van der Waals surface area (Å²) in [7, 11) is 0. The van der Waals surface area contributed by atoms with Crippen LogP contribution in [-0.2, 0) is 0 Å². The average Bonchev–Trinajstić information content (AvgIpc) is 2.86. The molecule has 2 aromatic rings. The van der Waals surface area contributed by atoms with Crippen LogP contribution >= 0.6 is 22.9 Å². The number of aryl methyl sites for hydroxylation is 1. The molecule has 0 bridgehead atoms. The molecule has 90 valence electrons. The summed E-state index contributed by atoms with van der Waals surface area (Å²) in [6, 6.07) is 5.58. The second-order valence-electron chi connectivity index (χ2n) is 3.75. The van der Waals surface area contributed by atoms with E-state index in [0.717, 1.165) is 4.88 Å². The van der Waals surface area contributed by atoms with Crippen molar-refractivity contribution >= 4 is 28.8 Å². The van der Waals surface area contributed by atoms with E-state index in [9.17, 15) is 4.79 Å². The number of amides is 1. The Hall–Kier alpha value is -1.26. The Kier molecular flexibility index (Phi) is 3.54. The minimum absolute atomic E-state index is 0.0350. The highest BCUT2D eigenvalue weighted by Crippen LogP contribution is 2.23. The zero-order valence-electron chi connectivity index (χ0n) is 9.49. The predicted molar refractivity (Wildman–Crippen MR) is 68.7 cm³/mol. The van der Waals surface area contributed by atoms with Crippen molar-refractivity contribution in [1.29, 1.82) is 0 Å². The first kappa shape index (κ1) is 12.2. The number of thiophene rings is 1. The quantitative estimate of drug-likeness (QED) is 0.921. The van der Waals surface area contributed by atoms with Gasteiger partial charge < -0.3 is 9.73 Å². The second-order valence-corrected chi connectivity index (χ2v) is 5.41. The maximum Gasteiger partial charge on any atom is 0.256 e. The minimum Gasteiger partial charge on any atom is -0.452 e. The molecule has 2 aromatic heterocycles. The topological polar surface area (TPSA) is 42.2 Å². The number of rotatable bonds is 3. The van der Waals surface area contributed by atoms with E-state index in [0.29, 0.717) is 5.56 Å². The summed E-state index contributed by atoms with van der Waals surface area (Å²) >= 11 is 7.41. The van der Waals surface area contributed by atoms with E-state index >= 15 is 0 Å². The van der Waals surface area contributed by atoms with Gasteiger partial charge in [-0.3, -0.25) is 4.79 Å². The van der Waals surface area contributed by atoms with Crippen LogP contribution in [0.5, 0.6) is 0 Å². The molecular formula is C12H12ClNO2S. The van der Waals surface area contributed by atoms with E-state index < -0.39 is 0 Å². The van der Waals surface area contributed by atoms with E-state index in [2.05, 4.69) is 5.32 Å². The third-order valence-electron chi connectivity index (χ3n) is 2.40. The smallest absolute Gasteiger partial charge is 0.256 e. The molecule has 0 spiro atoms. The van der Waals surface area contributed by atoms with Crippen LogP contribution in [-0.4, -0.2) is 5.91 Å². The highest BCUT2D eigenvalue weighted by Gasteiger charge is 2.16. The van der Waals surface area contributed by atoms with Gasteiger partial charge in [0.1, 0.15) is 0 Å². The Morgan fingerprint density at radius 1 is 1.47 bits per heavy atom. The van der Waals surface area contributed by atoms with Gasteiger partial charge in [0.15, 0.2) is 0 Å². The Balaban J connectivity index is 2.07. The fourth-order valence-electron chi connectivity index (χ4n) is 1.49. The van der Waals surface area contributed by atoms with E-state index in [-0.39, 0.29) is 17.2 Å². The van der Waals surface area contributed by atoms with Crippen LogP contribution < -0.4 is 5.32 Å². The van der Waals surface area contributed by atoms with Gasteiger partial charge in [-0.05, 0) is 43.6 Å². The number of nitrogens with one attached hydrogen (secondary N) is 1. The normalized spacial score (nSPS) is 12.4. The molecule has 0 aromatic carbocycles. The first-order chi connectivity index (χ1) is 8.08. The maximum atomic E-state index is 11.9. The summed E-state index contributed by atoms with van der Waals surface area (Å²) in [5.41, 5.74) is 0.367. The number of hydrogen-bond donors (Lipinski definition) is 1. The molecule has 1 atom stereocenters. The monoisotopic (exact) mass is 269 g/mol. The van der Waals surface area contributed by atoms with Gasteiger partial charge in [-0.25, -0.2) is 0 Å². The molecule has 0 fully saturated rings. The lowest BCUT2D eigenvalue weighted by Crippen LogP contribution is -2.25. The summed E-state index contributed by atoms with van der Waals surface area (Å²) in [4.78, 5) is 14.2. The van der Waals surface area contributed by atoms with E-state index in [1.54, 1.807) is 17.4 Å². The summed E-state index contributed by atoms with van der Waals surface area (Å²) in [6.07, 6.45) is 1.40. The Bertz CT molecular complexity index is 532. The predicted octanol–water partition coefficient (Wildman–Crippen LogP) is 3.79. The molecule has 1 unspecified atom stereocenters. The van der Waals surface area contributed by atoms with Crippen LogP contribution in [0.15, 0.2) is 28.9 Å². The third-order valence-corrected chi connectivity index (χ3v) is 3.87. The molecule has 0 saturated heterocycles. The molecule has 2 heterocycles. The molecule has 5 heteroatoms. The molecule has 0 aliphatic rings. The Morgan fingerprint density at radius 3 is 2.76 bits per heavy atom. The van der Waals surface area contributed by atoms with Crippen molar-refractivity contribution in [1.82, 2.24) is 5.32 Å². The first-order valence-corrected chi connectivity index (χ1v) is 6.37. The molecule has 0 aliphatic carbocycles. The Labute approximate surface area is 108 Å². The summed E-state index contributed by atoms with van der Waals surface area (Å²) in [6.45, 7) is 3.98. The van der Waals surface area contributed by atoms with Crippen molar-refractivity contribution in [3.05, 3.63) is 45.0 Å². The van der Waals surface area contributed by atoms with Gasteiger partial charge in [0.05, 0.1) is 17.9 Å². The molecule has 3 nitrogen and oxygen atoms in total. The minimum atomic E-state index is -0.220. The summed E-state index contributed by atoms with van der Waals surface area (Å²) < 4.78 is 4.88. The highest BCUT2D eigenvalue weighted by atomic mass is 35.5. The standard InChI is InChI=1S/C12H12ClNO2S/c1-7-3-4-10(17-7)8(2)14-12(15)9-5-6-16-11(9)13/h3-6,8H,1-2H3,(H,14,15). The second kappa shape index (κ2) is 4.94. The van der Waals surface area contributed by atoms with Gasteiger partial charge in [-0.1, -0.05) is 0 Å². The zero-order valence-corrected chi connectivity index (χ0v) is 11.1. The lowest BCUT2D eigenvalue weighted by molar-refractivity contribution is 0.0940. The highest BCUT2D eigenvalue weighted by molar-refractivity contribution is 7.12. The molecule has 1 amide bonds. The SMILES string of the molecule is Cc1ccc(C(C)NC(=O)c2ccoc2Cl)s1. The summed E-state index contributed by atoms with van der Waals surface area (Å²) in [5, 5.41) is 3.00. The van der Waals surface area contributed by atoms with Crippen LogP contribution in [0.4, 0.5) is 0 Å². The number of furan rings is 1. The fraction of sp³-hybridized carbons (Fsp3) is 0.250. The van der Waals surface area contributed by atoms with Crippen molar-refractivity contribution in [3.8, 4) is 0 Å². The van der Waals surface area contributed by atoms with Gasteiger partial charge in [0.2, 0.25) is 5.22 Å². The van der Waals surface area contributed by atoms with Gasteiger partial charge in [0.25, 0.3) is 5.91 Å². The molecule has 0 radical (unpaired) electrons. The van der Waals surface area contributed by atoms with Crippen LogP contribution in [0.3, 0.4) is 0 Å². The van der Waals surface area contributed by atoms with Crippen molar-refractivity contribution < 1.29 is 9.21 Å². The maximum absolute atomic E-state index is 11.9. The van der Waals surface area contributed by atoms with E-state index in [4.69, 9.17) is 16.0 Å². The number of carbonyl (C=O) groups excluding carboxylic acids is 1. The molecule has 2 rings (SSSR count). The summed E-state index contributed by atoms with van der Waals surface area (Å²) in [5.74, 6) is -0.220. The molecule has 0 aliphatic heterocycles. The largest absolute Gasteiger partial charge is 0.452 e. The van der Waals surface area contributed by atoms with Crippen molar-refractivity contribution in [3.63, 3.8) is 0 Å². The number of carbonyl (C=O) groups is 1. The molecular weight excluding hydrogens is 258 g/mol. The fourth-order valence-corrected chi connectivity index (χ4v) is 2.57. The number of hydrogen-bond acceptors (Lipinski definition) is 3. The third kappa shape index (κ3) is 2.70. The lowest BCUT2D eigenvalue weighted by atomic mass is 10.2. The van der Waals surface area contributed by atoms with E-state index in [1.807, 2.05) is 26.0 Å². The Morgan fingerprint density at radius 2 is 2.24 bits per heavy atom. The average molecular weight is 270 g/mol. The van der Waals surface area contributed by atoms with Gasteiger partial charge in [0, 0.05) is 9.75 Å². The van der Waals surface area contributed by atoms with Gasteiger partial charge in [-0.2, -0.15) is 0 Å². The van der Waals surface area contributed by atoms with Crippen LogP contribution in [0.1, 0.15) is 33.1 Å². The van der Waals surface area contributed by atoms with Crippen molar-refractivity contribution in [2.45, 2.75) is 19.9 Å². The van der Waals surface area contributed by atoms with Gasteiger partial charge in [-0.15, -0.1) is 11.3 Å². The van der Waals surface area contributed by atoms with E-state index in [1.165, 1.54) is 11.1 Å². The van der Waals surface area contributed by atoms with Crippen molar-refractivity contribution in [2.75, 3.05) is 0 Å². The van der Waals surface area contributed by atoms with Crippen LogP contribution in [0.2, 0.25) is 5.22 Å². The molecule has 17 heavy (non-hydrogen) atoms.